The number of hydrogen-bond donors (Lipinski definition) is 1. The number of methoxy groups -OCH3 is 1. The molecule has 0 aliphatic carbocycles. The second-order valence-electron chi connectivity index (χ2n) is 5.33. The topological polar surface area (TPSA) is 49.8 Å². The maximum absolute atomic E-state index is 10.7. The second-order valence-corrected chi connectivity index (χ2v) is 5.33. The van der Waals surface area contributed by atoms with Gasteiger partial charge >= 0.3 is 5.97 Å². The van der Waals surface area contributed by atoms with Gasteiger partial charge in [-0.1, -0.05) is 19.9 Å². The predicted molar refractivity (Wildman–Crippen MR) is 80.8 cm³/mol. The molecule has 0 aromatic heterocycles. The van der Waals surface area contributed by atoms with Gasteiger partial charge in [0.2, 0.25) is 0 Å². The van der Waals surface area contributed by atoms with Gasteiger partial charge in [-0.05, 0) is 42.3 Å². The van der Waals surface area contributed by atoms with Crippen LogP contribution in [0.15, 0.2) is 24.3 Å². The van der Waals surface area contributed by atoms with Gasteiger partial charge in [0.25, 0.3) is 0 Å². The average Bonchev–Trinajstić information content (AvgIpc) is 2.35. The Morgan fingerprint density at radius 1 is 1.45 bits per heavy atom. The first-order valence-corrected chi connectivity index (χ1v) is 6.68. The molecule has 0 bridgehead atoms. The van der Waals surface area contributed by atoms with Gasteiger partial charge in [-0.25, -0.2) is 4.79 Å². The largest absolute Gasteiger partial charge is 0.497 e. The highest BCUT2D eigenvalue weighted by molar-refractivity contribution is 5.85. The number of benzene rings is 1. The maximum Gasteiger partial charge on any atom is 0.328 e. The Morgan fingerprint density at radius 2 is 2.15 bits per heavy atom. The van der Waals surface area contributed by atoms with Crippen molar-refractivity contribution < 1.29 is 14.6 Å². The van der Waals surface area contributed by atoms with Crippen LogP contribution in [0.4, 0.5) is 0 Å². The lowest BCUT2D eigenvalue weighted by Gasteiger charge is -2.20. The summed E-state index contributed by atoms with van der Waals surface area (Å²) in [6, 6.07) is 5.68. The van der Waals surface area contributed by atoms with Crippen LogP contribution in [0.25, 0.3) is 6.08 Å². The van der Waals surface area contributed by atoms with Crippen LogP contribution in [-0.2, 0) is 11.3 Å². The highest BCUT2D eigenvalue weighted by atomic mass is 16.5. The summed E-state index contributed by atoms with van der Waals surface area (Å²) in [6.45, 7) is 6.09. The zero-order valence-electron chi connectivity index (χ0n) is 12.6. The molecule has 110 valence electrons. The number of ether oxygens (including phenoxy) is 1. The van der Waals surface area contributed by atoms with Crippen molar-refractivity contribution >= 4 is 12.0 Å². The Kier molecular flexibility index (Phi) is 6.25. The average molecular weight is 277 g/mol. The molecule has 1 aromatic rings. The predicted octanol–water partition coefficient (Wildman–Crippen LogP) is 2.88. The van der Waals surface area contributed by atoms with Crippen LogP contribution >= 0.6 is 0 Å². The van der Waals surface area contributed by atoms with Crippen LogP contribution in [0.1, 0.15) is 25.0 Å². The fraction of sp³-hybridized carbons (Fsp3) is 0.438. The molecule has 20 heavy (non-hydrogen) atoms. The number of carboxylic acids is 1. The van der Waals surface area contributed by atoms with E-state index >= 15 is 0 Å². The molecule has 4 nitrogen and oxygen atoms in total. The van der Waals surface area contributed by atoms with Gasteiger partial charge in [-0.3, -0.25) is 0 Å². The Balaban J connectivity index is 2.97. The summed E-state index contributed by atoms with van der Waals surface area (Å²) >= 11 is 0. The van der Waals surface area contributed by atoms with Gasteiger partial charge in [-0.2, -0.15) is 0 Å². The third kappa shape index (κ3) is 5.45. The van der Waals surface area contributed by atoms with Gasteiger partial charge in [-0.15, -0.1) is 0 Å². The van der Waals surface area contributed by atoms with Crippen molar-refractivity contribution in [1.82, 2.24) is 4.90 Å². The molecule has 4 heteroatoms. The second kappa shape index (κ2) is 7.70. The molecule has 0 aliphatic heterocycles. The minimum Gasteiger partial charge on any atom is -0.497 e. The van der Waals surface area contributed by atoms with Crippen LogP contribution in [0.3, 0.4) is 0 Å². The Hall–Kier alpha value is -1.81. The normalized spacial score (nSPS) is 11.5. The van der Waals surface area contributed by atoms with Crippen LogP contribution in [0.2, 0.25) is 0 Å². The zero-order valence-corrected chi connectivity index (χ0v) is 12.6. The summed E-state index contributed by atoms with van der Waals surface area (Å²) in [5.74, 6) is 0.427. The van der Waals surface area contributed by atoms with E-state index in [2.05, 4.69) is 25.8 Å². The molecule has 1 N–H and O–H groups in total. The summed E-state index contributed by atoms with van der Waals surface area (Å²) in [7, 11) is 3.69. The van der Waals surface area contributed by atoms with Crippen LogP contribution in [-0.4, -0.2) is 36.7 Å². The van der Waals surface area contributed by atoms with E-state index in [0.717, 1.165) is 36.0 Å². The highest BCUT2D eigenvalue weighted by Gasteiger charge is 2.08. The fourth-order valence-electron chi connectivity index (χ4n) is 2.15. The van der Waals surface area contributed by atoms with Gasteiger partial charge < -0.3 is 14.7 Å². The van der Waals surface area contributed by atoms with Crippen molar-refractivity contribution in [2.75, 3.05) is 20.7 Å². The zero-order chi connectivity index (χ0) is 15.1. The fourth-order valence-corrected chi connectivity index (χ4v) is 2.15. The van der Waals surface area contributed by atoms with Crippen LogP contribution in [0, 0.1) is 5.92 Å². The molecule has 1 rings (SSSR count). The van der Waals surface area contributed by atoms with E-state index in [0.29, 0.717) is 5.92 Å². The summed E-state index contributed by atoms with van der Waals surface area (Å²) < 4.78 is 5.24. The molecular formula is C16H23NO3. The minimum absolute atomic E-state index is 0.587. The molecule has 0 amide bonds. The molecule has 0 unspecified atom stereocenters. The molecule has 0 saturated carbocycles. The molecular weight excluding hydrogens is 254 g/mol. The van der Waals surface area contributed by atoms with E-state index in [4.69, 9.17) is 9.84 Å². The van der Waals surface area contributed by atoms with Crippen LogP contribution in [0.5, 0.6) is 5.75 Å². The lowest BCUT2D eigenvalue weighted by atomic mass is 10.1. The molecule has 0 aliphatic rings. The van der Waals surface area contributed by atoms with E-state index in [1.807, 2.05) is 18.2 Å². The van der Waals surface area contributed by atoms with E-state index in [-0.39, 0.29) is 0 Å². The van der Waals surface area contributed by atoms with Gasteiger partial charge in [0.05, 0.1) is 7.11 Å². The highest BCUT2D eigenvalue weighted by Crippen LogP contribution is 2.20. The van der Waals surface area contributed by atoms with Crippen molar-refractivity contribution in [1.29, 1.82) is 0 Å². The number of nitrogens with zero attached hydrogens (tertiary/aromatic N) is 1. The van der Waals surface area contributed by atoms with E-state index < -0.39 is 5.97 Å². The molecule has 0 heterocycles. The Bertz CT molecular complexity index is 481. The molecule has 0 saturated heterocycles. The molecule has 0 fully saturated rings. The lowest BCUT2D eigenvalue weighted by Crippen LogP contribution is -2.23. The van der Waals surface area contributed by atoms with Crippen molar-refractivity contribution in [3.8, 4) is 5.75 Å². The van der Waals surface area contributed by atoms with Gasteiger partial charge in [0.1, 0.15) is 5.75 Å². The number of rotatable bonds is 7. The third-order valence-electron chi connectivity index (χ3n) is 2.87. The number of aliphatic carboxylic acids is 1. The van der Waals surface area contributed by atoms with Crippen LogP contribution < -0.4 is 4.74 Å². The quantitative estimate of drug-likeness (QED) is 0.779. The van der Waals surface area contributed by atoms with Gasteiger partial charge in [0.15, 0.2) is 0 Å². The number of carboxylic acid groups (broad SMARTS) is 1. The van der Waals surface area contributed by atoms with Gasteiger partial charge in [0, 0.05) is 19.2 Å². The molecule has 0 atom stereocenters. The Labute approximate surface area is 120 Å². The SMILES string of the molecule is COc1ccc(C=CC(=O)O)c(CN(C)CC(C)C)c1. The standard InChI is InChI=1S/C16H23NO3/c1-12(2)10-17(3)11-14-9-15(20-4)7-5-13(14)6-8-16(18)19/h5-9,12H,10-11H2,1-4H3,(H,18,19). The first kappa shape index (κ1) is 16.2. The third-order valence-corrected chi connectivity index (χ3v) is 2.87. The monoisotopic (exact) mass is 277 g/mol. The smallest absolute Gasteiger partial charge is 0.328 e. The Morgan fingerprint density at radius 3 is 2.70 bits per heavy atom. The van der Waals surface area contributed by atoms with Crippen molar-refractivity contribution in [2.24, 2.45) is 5.92 Å². The summed E-state index contributed by atoms with van der Waals surface area (Å²) in [5, 5.41) is 8.75. The first-order valence-electron chi connectivity index (χ1n) is 6.68. The lowest BCUT2D eigenvalue weighted by molar-refractivity contribution is -0.131. The maximum atomic E-state index is 10.7. The van der Waals surface area contributed by atoms with E-state index in [9.17, 15) is 4.79 Å². The first-order chi connectivity index (χ1) is 9.42. The van der Waals surface area contributed by atoms with E-state index in [1.165, 1.54) is 0 Å². The molecule has 0 spiro atoms. The van der Waals surface area contributed by atoms with Crippen molar-refractivity contribution in [3.63, 3.8) is 0 Å². The summed E-state index contributed by atoms with van der Waals surface area (Å²) in [4.78, 5) is 12.9. The summed E-state index contributed by atoms with van der Waals surface area (Å²) in [5.41, 5.74) is 1.97. The minimum atomic E-state index is -0.942. The van der Waals surface area contributed by atoms with E-state index in [1.54, 1.807) is 13.2 Å². The summed E-state index contributed by atoms with van der Waals surface area (Å²) in [6.07, 6.45) is 2.79. The molecule has 0 radical (unpaired) electrons. The number of carbonyl (C=O) groups is 1. The molecule has 1 aromatic carbocycles. The van der Waals surface area contributed by atoms with Crippen molar-refractivity contribution in [3.05, 3.63) is 35.4 Å². The number of hydrogen-bond acceptors (Lipinski definition) is 3. The van der Waals surface area contributed by atoms with Crippen molar-refractivity contribution in [2.45, 2.75) is 20.4 Å².